The van der Waals surface area contributed by atoms with E-state index in [-0.39, 0.29) is 18.0 Å². The Hall–Kier alpha value is -2.72. The minimum absolute atomic E-state index is 0.0624. The molecule has 1 aromatic carbocycles. The summed E-state index contributed by atoms with van der Waals surface area (Å²) in [6, 6.07) is 5.96. The number of ether oxygens (including phenoxy) is 3. The van der Waals surface area contributed by atoms with E-state index in [9.17, 15) is 19.5 Å². The highest BCUT2D eigenvalue weighted by Crippen LogP contribution is 2.44. The zero-order valence-corrected chi connectivity index (χ0v) is 19.3. The van der Waals surface area contributed by atoms with Gasteiger partial charge in [-0.1, -0.05) is 6.07 Å². The van der Waals surface area contributed by atoms with Crippen LogP contribution in [-0.2, 0) is 9.59 Å². The predicted molar refractivity (Wildman–Crippen MR) is 120 cm³/mol. The molecule has 0 saturated carbocycles. The molecule has 2 aromatic rings. The van der Waals surface area contributed by atoms with Crippen LogP contribution in [0.3, 0.4) is 0 Å². The maximum atomic E-state index is 12.8. The van der Waals surface area contributed by atoms with E-state index in [1.807, 2.05) is 5.38 Å². The van der Waals surface area contributed by atoms with E-state index in [4.69, 9.17) is 14.2 Å². The minimum Gasteiger partial charge on any atom is -0.493 e. The molecular formula is C21H25NO7S2. The van der Waals surface area contributed by atoms with Gasteiger partial charge < -0.3 is 24.6 Å². The van der Waals surface area contributed by atoms with E-state index in [2.05, 4.69) is 5.32 Å². The van der Waals surface area contributed by atoms with Crippen molar-refractivity contribution in [3.63, 3.8) is 0 Å². The van der Waals surface area contributed by atoms with E-state index < -0.39 is 23.2 Å². The van der Waals surface area contributed by atoms with Crippen molar-refractivity contribution in [1.29, 1.82) is 0 Å². The second-order valence-corrected chi connectivity index (χ2v) is 8.66. The number of aliphatic carboxylic acids is 1. The number of thioether (sulfide) groups is 1. The summed E-state index contributed by atoms with van der Waals surface area (Å²) in [7, 11) is 4.49. The number of carbonyl (C=O) groups is 3. The number of hydrogen-bond donors (Lipinski definition) is 2. The van der Waals surface area contributed by atoms with E-state index in [1.165, 1.54) is 51.4 Å². The summed E-state index contributed by atoms with van der Waals surface area (Å²) in [4.78, 5) is 36.3. The molecular weight excluding hydrogens is 442 g/mol. The number of Topliss-reactive ketones (excluding diaryl/α,β-unsaturated/α-hetero) is 1. The van der Waals surface area contributed by atoms with E-state index >= 15 is 0 Å². The fourth-order valence-corrected chi connectivity index (χ4v) is 4.82. The first kappa shape index (κ1) is 24.5. The molecule has 0 aliphatic carbocycles. The van der Waals surface area contributed by atoms with Gasteiger partial charge in [-0.3, -0.25) is 9.59 Å². The van der Waals surface area contributed by atoms with Crippen LogP contribution in [0.1, 0.15) is 33.8 Å². The van der Waals surface area contributed by atoms with Gasteiger partial charge in [0.25, 0.3) is 0 Å². The summed E-state index contributed by atoms with van der Waals surface area (Å²) in [6.07, 6.45) is 0.135. The Balaban J connectivity index is 2.38. The summed E-state index contributed by atoms with van der Waals surface area (Å²) in [5, 5.41) is 13.3. The average Bonchev–Trinajstić information content (AvgIpc) is 3.29. The number of carboxylic acid groups (broad SMARTS) is 1. The van der Waals surface area contributed by atoms with Gasteiger partial charge in [-0.2, -0.15) is 11.8 Å². The molecule has 1 aromatic heterocycles. The Morgan fingerprint density at radius 1 is 1.13 bits per heavy atom. The maximum Gasteiger partial charge on any atom is 0.327 e. The number of methoxy groups -OCH3 is 3. The van der Waals surface area contributed by atoms with Crippen LogP contribution in [0.25, 0.3) is 0 Å². The second-order valence-electron chi connectivity index (χ2n) is 6.48. The highest BCUT2D eigenvalue weighted by Gasteiger charge is 2.26. The fourth-order valence-electron chi connectivity index (χ4n) is 2.90. The predicted octanol–water partition coefficient (Wildman–Crippen LogP) is 3.41. The number of amides is 1. The highest BCUT2D eigenvalue weighted by molar-refractivity contribution is 7.99. The van der Waals surface area contributed by atoms with E-state index in [0.29, 0.717) is 22.1 Å². The summed E-state index contributed by atoms with van der Waals surface area (Å²) in [5.41, 5.74) is 0.719. The SMILES string of the molecule is COc1cc([C@@H](CC(=O)c2cccs2)SC[C@H](NC(C)=O)C(=O)O)cc(OC)c1OC. The van der Waals surface area contributed by atoms with Gasteiger partial charge in [0, 0.05) is 24.3 Å². The highest BCUT2D eigenvalue weighted by atomic mass is 32.2. The Labute approximate surface area is 188 Å². The van der Waals surface area contributed by atoms with Crippen LogP contribution in [0, 0.1) is 0 Å². The molecule has 0 aliphatic rings. The summed E-state index contributed by atoms with van der Waals surface area (Å²) < 4.78 is 16.2. The van der Waals surface area contributed by atoms with Crippen LogP contribution in [-0.4, -0.2) is 55.9 Å². The van der Waals surface area contributed by atoms with Gasteiger partial charge in [0.15, 0.2) is 17.3 Å². The molecule has 8 nitrogen and oxygen atoms in total. The van der Waals surface area contributed by atoms with Gasteiger partial charge in [-0.25, -0.2) is 4.79 Å². The monoisotopic (exact) mass is 467 g/mol. The molecule has 0 unspecified atom stereocenters. The van der Waals surface area contributed by atoms with Gasteiger partial charge in [0.05, 0.1) is 26.2 Å². The maximum absolute atomic E-state index is 12.8. The van der Waals surface area contributed by atoms with Gasteiger partial charge in [0.2, 0.25) is 11.7 Å². The number of benzene rings is 1. The zero-order chi connectivity index (χ0) is 23.0. The second kappa shape index (κ2) is 11.6. The van der Waals surface area contributed by atoms with Crippen molar-refractivity contribution in [3.05, 3.63) is 40.1 Å². The molecule has 0 bridgehead atoms. The molecule has 31 heavy (non-hydrogen) atoms. The van der Waals surface area contributed by atoms with E-state index in [0.717, 1.165) is 5.56 Å². The molecule has 168 valence electrons. The van der Waals surface area contributed by atoms with Crippen LogP contribution in [0.4, 0.5) is 0 Å². The van der Waals surface area contributed by atoms with Crippen molar-refractivity contribution < 1.29 is 33.7 Å². The number of carbonyl (C=O) groups excluding carboxylic acids is 2. The van der Waals surface area contributed by atoms with Gasteiger partial charge in [0.1, 0.15) is 6.04 Å². The lowest BCUT2D eigenvalue weighted by Crippen LogP contribution is -2.41. The molecule has 1 amide bonds. The third-order valence-electron chi connectivity index (χ3n) is 4.37. The number of rotatable bonds is 12. The normalized spacial score (nSPS) is 12.5. The largest absolute Gasteiger partial charge is 0.493 e. The lowest BCUT2D eigenvalue weighted by Gasteiger charge is -2.22. The van der Waals surface area contributed by atoms with Gasteiger partial charge in [-0.15, -0.1) is 11.3 Å². The lowest BCUT2D eigenvalue weighted by atomic mass is 10.0. The first-order valence-corrected chi connectivity index (χ1v) is 11.2. The van der Waals surface area contributed by atoms with Crippen LogP contribution >= 0.6 is 23.1 Å². The Kier molecular flexibility index (Phi) is 9.20. The molecule has 10 heteroatoms. The Bertz CT molecular complexity index is 889. The molecule has 0 spiro atoms. The van der Waals surface area contributed by atoms with Crippen molar-refractivity contribution in [1.82, 2.24) is 5.32 Å². The lowest BCUT2D eigenvalue weighted by molar-refractivity contribution is -0.140. The Morgan fingerprint density at radius 2 is 1.77 bits per heavy atom. The van der Waals surface area contributed by atoms with Crippen molar-refractivity contribution in [2.45, 2.75) is 24.6 Å². The van der Waals surface area contributed by atoms with Crippen LogP contribution in [0.5, 0.6) is 17.2 Å². The molecule has 2 atom stereocenters. The summed E-state index contributed by atoms with van der Waals surface area (Å²) >= 11 is 2.61. The number of thiophene rings is 1. The van der Waals surface area contributed by atoms with Crippen LogP contribution in [0.2, 0.25) is 0 Å². The molecule has 2 N–H and O–H groups in total. The van der Waals surface area contributed by atoms with Crippen LogP contribution < -0.4 is 19.5 Å². The molecule has 0 radical (unpaired) electrons. The number of carboxylic acids is 1. The number of ketones is 1. The van der Waals surface area contributed by atoms with Crippen LogP contribution in [0.15, 0.2) is 29.6 Å². The quantitative estimate of drug-likeness (QED) is 0.457. The van der Waals surface area contributed by atoms with Crippen molar-refractivity contribution >= 4 is 40.8 Å². The fraction of sp³-hybridized carbons (Fsp3) is 0.381. The van der Waals surface area contributed by atoms with E-state index in [1.54, 1.807) is 24.3 Å². The smallest absolute Gasteiger partial charge is 0.327 e. The van der Waals surface area contributed by atoms with Gasteiger partial charge in [-0.05, 0) is 29.1 Å². The molecule has 1 heterocycles. The zero-order valence-electron chi connectivity index (χ0n) is 17.7. The third-order valence-corrected chi connectivity index (χ3v) is 6.64. The molecule has 0 fully saturated rings. The summed E-state index contributed by atoms with van der Waals surface area (Å²) in [5.74, 6) is -0.279. The topological polar surface area (TPSA) is 111 Å². The minimum atomic E-state index is -1.14. The van der Waals surface area contributed by atoms with Crippen molar-refractivity contribution in [2.75, 3.05) is 27.1 Å². The molecule has 0 saturated heterocycles. The average molecular weight is 468 g/mol. The van der Waals surface area contributed by atoms with Crippen molar-refractivity contribution in [2.24, 2.45) is 0 Å². The first-order chi connectivity index (χ1) is 14.8. The standard InChI is InChI=1S/C21H25NO7S2/c1-12(23)22-14(21(25)26)11-31-19(10-15(24)18-6-5-7-30-18)13-8-16(27-2)20(29-4)17(9-13)28-3/h5-9,14,19H,10-11H2,1-4H3,(H,22,23)(H,25,26)/t14-,19+/m0/s1. The number of hydrogen-bond acceptors (Lipinski definition) is 8. The van der Waals surface area contributed by atoms with Crippen molar-refractivity contribution in [3.8, 4) is 17.2 Å². The summed E-state index contributed by atoms with van der Waals surface area (Å²) in [6.45, 7) is 1.26. The molecule has 0 aliphatic heterocycles. The Morgan fingerprint density at radius 3 is 2.23 bits per heavy atom. The third kappa shape index (κ3) is 6.63. The first-order valence-electron chi connectivity index (χ1n) is 9.28. The molecule has 2 rings (SSSR count). The number of nitrogens with one attached hydrogen (secondary N) is 1. The van der Waals surface area contributed by atoms with Gasteiger partial charge >= 0.3 is 5.97 Å².